The normalized spacial score (nSPS) is 20.6. The van der Waals surface area contributed by atoms with Gasteiger partial charge in [-0.15, -0.1) is 0 Å². The average Bonchev–Trinajstić information content (AvgIpc) is 2.35. The highest BCUT2D eigenvalue weighted by molar-refractivity contribution is 5.78. The monoisotopic (exact) mass is 235 g/mol. The first-order valence-corrected chi connectivity index (χ1v) is 5.77. The zero-order valence-corrected chi connectivity index (χ0v) is 9.71. The minimum atomic E-state index is 0.0338. The molecule has 5 heteroatoms. The van der Waals surface area contributed by atoms with E-state index in [4.69, 9.17) is 10.5 Å². The van der Waals surface area contributed by atoms with Gasteiger partial charge in [0.05, 0.1) is 12.6 Å². The smallest absolute Gasteiger partial charge is 0.249 e. The van der Waals surface area contributed by atoms with Gasteiger partial charge in [-0.3, -0.25) is 9.78 Å². The molecule has 17 heavy (non-hydrogen) atoms. The summed E-state index contributed by atoms with van der Waals surface area (Å²) in [5.74, 6) is 0.0338. The second-order valence-electron chi connectivity index (χ2n) is 4.12. The number of aromatic nitrogens is 1. The van der Waals surface area contributed by atoms with E-state index in [2.05, 4.69) is 4.98 Å². The fourth-order valence-corrected chi connectivity index (χ4v) is 1.99. The topological polar surface area (TPSA) is 68.5 Å². The van der Waals surface area contributed by atoms with Crippen LogP contribution >= 0.6 is 0 Å². The van der Waals surface area contributed by atoms with Crippen LogP contribution in [-0.2, 0) is 16.1 Å². The number of hydrogen-bond donors (Lipinski definition) is 1. The molecule has 0 saturated carbocycles. The van der Waals surface area contributed by atoms with Crippen LogP contribution < -0.4 is 5.73 Å². The minimum Gasteiger partial charge on any atom is -0.369 e. The summed E-state index contributed by atoms with van der Waals surface area (Å²) in [6.07, 6.45) is 4.24. The maximum Gasteiger partial charge on any atom is 0.249 e. The van der Waals surface area contributed by atoms with E-state index in [0.717, 1.165) is 12.0 Å². The number of pyridine rings is 1. The summed E-state index contributed by atoms with van der Waals surface area (Å²) in [6.45, 7) is 1.92. The van der Waals surface area contributed by atoms with E-state index in [1.54, 1.807) is 12.4 Å². The van der Waals surface area contributed by atoms with Crippen LogP contribution in [0.5, 0.6) is 0 Å². The van der Waals surface area contributed by atoms with Crippen molar-refractivity contribution in [3.05, 3.63) is 30.1 Å². The number of ether oxygens (including phenoxy) is 1. The van der Waals surface area contributed by atoms with Crippen LogP contribution in [0.2, 0.25) is 0 Å². The van der Waals surface area contributed by atoms with Gasteiger partial charge < -0.3 is 15.4 Å². The van der Waals surface area contributed by atoms with E-state index in [0.29, 0.717) is 19.7 Å². The minimum absolute atomic E-state index is 0.0338. The Morgan fingerprint density at radius 1 is 1.47 bits per heavy atom. The van der Waals surface area contributed by atoms with Gasteiger partial charge in [-0.2, -0.15) is 0 Å². The summed E-state index contributed by atoms with van der Waals surface area (Å²) in [6, 6.07) is 3.93. The van der Waals surface area contributed by atoms with Crippen LogP contribution in [0.3, 0.4) is 0 Å². The van der Waals surface area contributed by atoms with Crippen molar-refractivity contribution in [3.63, 3.8) is 0 Å². The number of carbonyl (C=O) groups excluding carboxylic acids is 1. The predicted octanol–water partition coefficient (Wildman–Crippen LogP) is 0.158. The van der Waals surface area contributed by atoms with Crippen LogP contribution in [0.1, 0.15) is 12.0 Å². The van der Waals surface area contributed by atoms with Crippen molar-refractivity contribution in [2.75, 3.05) is 19.8 Å². The molecule has 0 bridgehead atoms. The van der Waals surface area contributed by atoms with Crippen molar-refractivity contribution in [1.29, 1.82) is 0 Å². The van der Waals surface area contributed by atoms with E-state index in [1.165, 1.54) is 0 Å². The molecule has 1 aromatic heterocycles. The number of nitrogens with zero attached hydrogens (tertiary/aromatic N) is 2. The standard InChI is InChI=1S/C12H17N3O2/c13-4-1-11-8-17-9-12(16)15(11)7-10-2-5-14-6-3-10/h2-3,5-6,11H,1,4,7-9,13H2. The van der Waals surface area contributed by atoms with Crippen LogP contribution in [0.25, 0.3) is 0 Å². The quantitative estimate of drug-likeness (QED) is 0.807. The molecule has 0 spiro atoms. The largest absolute Gasteiger partial charge is 0.369 e. The Morgan fingerprint density at radius 2 is 2.24 bits per heavy atom. The SMILES string of the molecule is NCCC1COCC(=O)N1Cc1ccncc1. The fraction of sp³-hybridized carbons (Fsp3) is 0.500. The number of amides is 1. The molecule has 1 fully saturated rings. The molecule has 2 N–H and O–H groups in total. The fourth-order valence-electron chi connectivity index (χ4n) is 1.99. The number of rotatable bonds is 4. The van der Waals surface area contributed by atoms with Gasteiger partial charge in [-0.25, -0.2) is 0 Å². The van der Waals surface area contributed by atoms with Crippen molar-refractivity contribution < 1.29 is 9.53 Å². The van der Waals surface area contributed by atoms with E-state index >= 15 is 0 Å². The van der Waals surface area contributed by atoms with Gasteiger partial charge in [0.25, 0.3) is 0 Å². The Bertz CT molecular complexity index is 367. The molecule has 1 aliphatic heterocycles. The molecule has 2 heterocycles. The molecule has 2 rings (SSSR count). The van der Waals surface area contributed by atoms with Crippen LogP contribution in [-0.4, -0.2) is 41.6 Å². The van der Waals surface area contributed by atoms with Crippen LogP contribution in [0.4, 0.5) is 0 Å². The molecule has 5 nitrogen and oxygen atoms in total. The van der Waals surface area contributed by atoms with Gasteiger partial charge in [0, 0.05) is 18.9 Å². The number of hydrogen-bond acceptors (Lipinski definition) is 4. The van der Waals surface area contributed by atoms with Gasteiger partial charge in [-0.1, -0.05) is 0 Å². The van der Waals surface area contributed by atoms with Crippen molar-refractivity contribution in [3.8, 4) is 0 Å². The van der Waals surface area contributed by atoms with Gasteiger partial charge in [-0.05, 0) is 30.7 Å². The molecule has 1 aromatic rings. The number of morpholine rings is 1. The Balaban J connectivity index is 2.07. The molecule has 92 valence electrons. The summed E-state index contributed by atoms with van der Waals surface area (Å²) >= 11 is 0. The molecule has 1 amide bonds. The van der Waals surface area contributed by atoms with Crippen molar-refractivity contribution >= 4 is 5.91 Å². The number of carbonyl (C=O) groups is 1. The molecule has 1 aliphatic rings. The third kappa shape index (κ3) is 3.01. The highest BCUT2D eigenvalue weighted by Gasteiger charge is 2.27. The van der Waals surface area contributed by atoms with E-state index in [9.17, 15) is 4.79 Å². The van der Waals surface area contributed by atoms with Crippen LogP contribution in [0, 0.1) is 0 Å². The van der Waals surface area contributed by atoms with Crippen molar-refractivity contribution in [1.82, 2.24) is 9.88 Å². The van der Waals surface area contributed by atoms with Gasteiger partial charge in [0.15, 0.2) is 0 Å². The van der Waals surface area contributed by atoms with E-state index < -0.39 is 0 Å². The summed E-state index contributed by atoms with van der Waals surface area (Å²) in [5.41, 5.74) is 6.64. The zero-order valence-electron chi connectivity index (χ0n) is 9.71. The molecule has 0 aromatic carbocycles. The molecular weight excluding hydrogens is 218 g/mol. The first-order chi connectivity index (χ1) is 8.31. The summed E-state index contributed by atoms with van der Waals surface area (Å²) in [4.78, 5) is 17.6. The van der Waals surface area contributed by atoms with Crippen molar-refractivity contribution in [2.24, 2.45) is 5.73 Å². The lowest BCUT2D eigenvalue weighted by Crippen LogP contribution is -2.49. The maximum absolute atomic E-state index is 11.8. The lowest BCUT2D eigenvalue weighted by atomic mass is 10.1. The third-order valence-electron chi connectivity index (χ3n) is 2.90. The molecule has 0 aliphatic carbocycles. The highest BCUT2D eigenvalue weighted by atomic mass is 16.5. The second kappa shape index (κ2) is 5.75. The second-order valence-corrected chi connectivity index (χ2v) is 4.12. The molecular formula is C12H17N3O2. The molecule has 1 atom stereocenters. The highest BCUT2D eigenvalue weighted by Crippen LogP contribution is 2.15. The Labute approximate surface area is 101 Å². The zero-order chi connectivity index (χ0) is 12.1. The Morgan fingerprint density at radius 3 is 2.94 bits per heavy atom. The maximum atomic E-state index is 11.8. The van der Waals surface area contributed by atoms with Crippen molar-refractivity contribution in [2.45, 2.75) is 19.0 Å². The van der Waals surface area contributed by atoms with Gasteiger partial charge in [0.2, 0.25) is 5.91 Å². The van der Waals surface area contributed by atoms with Crippen LogP contribution in [0.15, 0.2) is 24.5 Å². The molecule has 0 radical (unpaired) electrons. The van der Waals surface area contributed by atoms with E-state index in [-0.39, 0.29) is 18.6 Å². The predicted molar refractivity (Wildman–Crippen MR) is 63.1 cm³/mol. The Kier molecular flexibility index (Phi) is 4.06. The van der Waals surface area contributed by atoms with E-state index in [1.807, 2.05) is 17.0 Å². The van der Waals surface area contributed by atoms with Gasteiger partial charge >= 0.3 is 0 Å². The first kappa shape index (κ1) is 12.0. The third-order valence-corrected chi connectivity index (χ3v) is 2.90. The number of nitrogens with two attached hydrogens (primary N) is 1. The summed E-state index contributed by atoms with van der Waals surface area (Å²) in [5, 5.41) is 0. The lowest BCUT2D eigenvalue weighted by molar-refractivity contribution is -0.149. The molecule has 1 saturated heterocycles. The van der Waals surface area contributed by atoms with Gasteiger partial charge in [0.1, 0.15) is 6.61 Å². The lowest BCUT2D eigenvalue weighted by Gasteiger charge is -2.35. The summed E-state index contributed by atoms with van der Waals surface area (Å²) < 4.78 is 5.26. The Hall–Kier alpha value is -1.46. The molecule has 1 unspecified atom stereocenters. The first-order valence-electron chi connectivity index (χ1n) is 5.77. The summed E-state index contributed by atoms with van der Waals surface area (Å²) in [7, 11) is 0. The average molecular weight is 235 g/mol.